The maximum absolute atomic E-state index is 14.4. The molecule has 0 aliphatic heterocycles. The molecule has 2 aromatic heterocycles. The number of nitriles is 1. The van der Waals surface area contributed by atoms with Gasteiger partial charge in [0.25, 0.3) is 0 Å². The number of furan rings is 1. The van der Waals surface area contributed by atoms with Crippen LogP contribution in [0, 0.1) is 24.1 Å². The quantitative estimate of drug-likeness (QED) is 0.264. The Morgan fingerprint density at radius 1 is 0.941 bits per heavy atom. The van der Waals surface area contributed by atoms with E-state index in [4.69, 9.17) is 8.53 Å². The Morgan fingerprint density at radius 2 is 1.76 bits per heavy atom. The molecule has 0 unspecified atom stereocenters. The Hall–Kier alpha value is -4.49. The highest BCUT2D eigenvalue weighted by molar-refractivity contribution is 6.14. The number of benzene rings is 4. The van der Waals surface area contributed by atoms with Crippen LogP contribution in [0.5, 0.6) is 0 Å². The number of nitrogens with zero attached hydrogens (tertiary/aromatic N) is 2. The molecule has 34 heavy (non-hydrogen) atoms. The van der Waals surface area contributed by atoms with E-state index >= 15 is 0 Å². The maximum Gasteiger partial charge on any atom is 0.216 e. The first-order valence-electron chi connectivity index (χ1n) is 12.3. The fourth-order valence-electron chi connectivity index (χ4n) is 4.63. The van der Waals surface area contributed by atoms with Gasteiger partial charge in [0, 0.05) is 22.4 Å². The molecule has 0 amide bonds. The zero-order chi connectivity index (χ0) is 26.0. The summed E-state index contributed by atoms with van der Waals surface area (Å²) in [4.78, 5) is 0. The summed E-state index contributed by atoms with van der Waals surface area (Å²) < 4.78 is 46.9. The Kier molecular flexibility index (Phi) is 3.78. The third-order valence-corrected chi connectivity index (χ3v) is 6.27. The molecule has 3 nitrogen and oxygen atoms in total. The maximum atomic E-state index is 14.4. The van der Waals surface area contributed by atoms with Crippen molar-refractivity contribution in [1.82, 2.24) is 0 Å². The average molecular weight is 447 g/mol. The molecule has 4 heteroatoms. The highest BCUT2D eigenvalue weighted by atomic mass is 19.1. The largest absolute Gasteiger partial charge is 0.454 e. The van der Waals surface area contributed by atoms with Crippen LogP contribution < -0.4 is 4.57 Å². The lowest BCUT2D eigenvalue weighted by molar-refractivity contribution is -0.661. The summed E-state index contributed by atoms with van der Waals surface area (Å²) in [5.41, 5.74) is 4.69. The van der Waals surface area contributed by atoms with Crippen molar-refractivity contribution in [2.75, 3.05) is 0 Å². The first-order chi connectivity index (χ1) is 17.8. The fourth-order valence-corrected chi connectivity index (χ4v) is 4.63. The standard InChI is InChI=1S/C30H20FN2O/c1-18-7-11-24-26-14-19(16-32)13-25(22-9-8-20-5-3-4-6-21(20)15-22)29(26)34-30(24)28(18)27-12-10-23(31)17-33(27)2/h3-15,17H,1-2H3/q+1/i10D,12D,17D. The molecule has 0 atom stereocenters. The van der Waals surface area contributed by atoms with Gasteiger partial charge in [0.2, 0.25) is 11.9 Å². The van der Waals surface area contributed by atoms with Gasteiger partial charge in [-0.1, -0.05) is 48.5 Å². The Bertz CT molecular complexity index is 1940. The molecule has 162 valence electrons. The van der Waals surface area contributed by atoms with Gasteiger partial charge in [-0.15, -0.1) is 0 Å². The van der Waals surface area contributed by atoms with E-state index in [9.17, 15) is 9.65 Å². The predicted molar refractivity (Wildman–Crippen MR) is 133 cm³/mol. The van der Waals surface area contributed by atoms with Crippen LogP contribution in [-0.4, -0.2) is 0 Å². The van der Waals surface area contributed by atoms with Gasteiger partial charge in [-0.05, 0) is 53.1 Å². The summed E-state index contributed by atoms with van der Waals surface area (Å²) in [6, 6.07) is 22.8. The summed E-state index contributed by atoms with van der Waals surface area (Å²) in [5.74, 6) is -1.04. The van der Waals surface area contributed by atoms with Gasteiger partial charge in [-0.2, -0.15) is 9.83 Å². The van der Waals surface area contributed by atoms with Gasteiger partial charge < -0.3 is 4.42 Å². The molecule has 0 N–H and O–H groups in total. The molecule has 2 heterocycles. The monoisotopic (exact) mass is 446 g/mol. The lowest BCUT2D eigenvalue weighted by Gasteiger charge is -2.06. The van der Waals surface area contributed by atoms with Crippen LogP contribution in [0.25, 0.3) is 55.1 Å². The molecule has 0 fully saturated rings. The SMILES string of the molecule is [2H]c1c([2H])c(-c2c(C)ccc3c2oc2c(-c4ccc5ccccc5c4)cc(C#N)cc23)[n+](C)c([2H])c1F. The third-order valence-electron chi connectivity index (χ3n) is 6.27. The van der Waals surface area contributed by atoms with Crippen LogP contribution in [0.3, 0.4) is 0 Å². The van der Waals surface area contributed by atoms with Crippen molar-refractivity contribution in [3.63, 3.8) is 0 Å². The molecular formula is C30H20FN2O+. The van der Waals surface area contributed by atoms with Gasteiger partial charge in [-0.25, -0.2) is 4.39 Å². The van der Waals surface area contributed by atoms with E-state index in [-0.39, 0.29) is 11.7 Å². The van der Waals surface area contributed by atoms with E-state index in [1.54, 1.807) is 12.1 Å². The van der Waals surface area contributed by atoms with Crippen molar-refractivity contribution >= 4 is 32.7 Å². The lowest BCUT2D eigenvalue weighted by atomic mass is 9.96. The van der Waals surface area contributed by atoms with Crippen LogP contribution in [-0.2, 0) is 7.05 Å². The number of hydrogen-bond acceptors (Lipinski definition) is 2. The Balaban J connectivity index is 1.73. The van der Waals surface area contributed by atoms with E-state index in [0.717, 1.165) is 38.2 Å². The van der Waals surface area contributed by atoms with Crippen molar-refractivity contribution in [2.24, 2.45) is 7.05 Å². The lowest BCUT2D eigenvalue weighted by Crippen LogP contribution is -2.31. The first kappa shape index (κ1) is 17.0. The molecule has 6 aromatic rings. The molecule has 0 spiro atoms. The third kappa shape index (κ3) is 3.06. The number of fused-ring (bicyclic) bond motifs is 4. The van der Waals surface area contributed by atoms with E-state index in [2.05, 4.69) is 12.1 Å². The molecule has 0 saturated carbocycles. The number of aryl methyl sites for hydroxylation is 1. The van der Waals surface area contributed by atoms with Gasteiger partial charge in [-0.3, -0.25) is 0 Å². The molecule has 0 saturated heterocycles. The predicted octanol–water partition coefficient (Wildman–Crippen LogP) is 7.22. The van der Waals surface area contributed by atoms with Crippen LogP contribution in [0.2, 0.25) is 0 Å². The Labute approximate surface area is 200 Å². The topological polar surface area (TPSA) is 40.8 Å². The van der Waals surface area contributed by atoms with Crippen molar-refractivity contribution in [3.8, 4) is 28.5 Å². The number of halogens is 1. The second-order valence-electron chi connectivity index (χ2n) is 8.39. The first-order valence-corrected chi connectivity index (χ1v) is 10.8. The van der Waals surface area contributed by atoms with E-state index in [1.165, 1.54) is 11.6 Å². The highest BCUT2D eigenvalue weighted by Crippen LogP contribution is 2.41. The molecule has 0 aliphatic rings. The van der Waals surface area contributed by atoms with Crippen LogP contribution in [0.1, 0.15) is 15.2 Å². The van der Waals surface area contributed by atoms with Crippen molar-refractivity contribution in [3.05, 3.63) is 102 Å². The summed E-state index contributed by atoms with van der Waals surface area (Å²) in [6.07, 6.45) is -0.480. The number of pyridine rings is 1. The van der Waals surface area contributed by atoms with Crippen LogP contribution in [0.4, 0.5) is 4.39 Å². The molecule has 6 rings (SSSR count). The smallest absolute Gasteiger partial charge is 0.216 e. The second-order valence-corrected chi connectivity index (χ2v) is 8.39. The summed E-state index contributed by atoms with van der Waals surface area (Å²) in [7, 11) is 1.51. The summed E-state index contributed by atoms with van der Waals surface area (Å²) in [6.45, 7) is 1.85. The zero-order valence-electron chi connectivity index (χ0n) is 21.5. The molecule has 0 bridgehead atoms. The number of hydrogen-bond donors (Lipinski definition) is 0. The van der Waals surface area contributed by atoms with Gasteiger partial charge in [0.15, 0.2) is 5.82 Å². The Morgan fingerprint density at radius 3 is 2.59 bits per heavy atom. The molecule has 0 aliphatic carbocycles. The second kappa shape index (κ2) is 7.54. The highest BCUT2D eigenvalue weighted by Gasteiger charge is 2.22. The van der Waals surface area contributed by atoms with E-state index in [1.807, 2.05) is 55.5 Å². The van der Waals surface area contributed by atoms with Gasteiger partial charge >= 0.3 is 0 Å². The zero-order valence-corrected chi connectivity index (χ0v) is 18.5. The van der Waals surface area contributed by atoms with Crippen molar-refractivity contribution in [1.29, 1.82) is 5.26 Å². The van der Waals surface area contributed by atoms with Crippen LogP contribution >= 0.6 is 0 Å². The van der Waals surface area contributed by atoms with Gasteiger partial charge in [0.05, 0.1) is 19.9 Å². The summed E-state index contributed by atoms with van der Waals surface area (Å²) >= 11 is 0. The van der Waals surface area contributed by atoms with Crippen molar-refractivity contribution in [2.45, 2.75) is 6.92 Å². The minimum Gasteiger partial charge on any atom is -0.454 e. The minimum absolute atomic E-state index is 0.228. The van der Waals surface area contributed by atoms with Crippen LogP contribution in [0.15, 0.2) is 89.4 Å². The molecule has 0 radical (unpaired) electrons. The van der Waals surface area contributed by atoms with E-state index in [0.29, 0.717) is 22.3 Å². The minimum atomic E-state index is -1.04. The molecule has 4 aromatic carbocycles. The van der Waals surface area contributed by atoms with Crippen molar-refractivity contribution < 1.29 is 17.5 Å². The number of aromatic nitrogens is 1. The van der Waals surface area contributed by atoms with Gasteiger partial charge in [0.1, 0.15) is 19.6 Å². The normalized spacial score (nSPS) is 12.6. The van der Waals surface area contributed by atoms with E-state index < -0.39 is 18.0 Å². The fraction of sp³-hybridized carbons (Fsp3) is 0.0667. The number of rotatable bonds is 2. The molecular weight excluding hydrogens is 423 g/mol. The summed E-state index contributed by atoms with van der Waals surface area (Å²) in [5, 5.41) is 13.4. The average Bonchev–Trinajstić information content (AvgIpc) is 3.29.